The minimum atomic E-state index is 0.743. The maximum Gasteiger partial charge on any atom is 0.128 e. The first-order valence-corrected chi connectivity index (χ1v) is 5.97. The maximum absolute atomic E-state index is 4.72. The highest BCUT2D eigenvalue weighted by Gasteiger charge is 2.30. The normalized spacial score (nSPS) is 20.1. The van der Waals surface area contributed by atoms with Crippen LogP contribution in [-0.2, 0) is 19.4 Å². The van der Waals surface area contributed by atoms with Crippen LogP contribution in [0.3, 0.4) is 0 Å². The van der Waals surface area contributed by atoms with Crippen LogP contribution in [0.15, 0.2) is 0 Å². The molecule has 15 heavy (non-hydrogen) atoms. The molecule has 2 heterocycles. The Labute approximate surface area is 90.3 Å². The topological polar surface area (TPSA) is 37.8 Å². The lowest BCUT2D eigenvalue weighted by atomic mass is 10.0. The van der Waals surface area contributed by atoms with Crippen molar-refractivity contribution in [3.8, 4) is 0 Å². The van der Waals surface area contributed by atoms with Crippen molar-refractivity contribution >= 4 is 0 Å². The Balaban J connectivity index is 2.09. The summed E-state index contributed by atoms with van der Waals surface area (Å²) in [4.78, 5) is 9.37. The summed E-state index contributed by atoms with van der Waals surface area (Å²) in [6.07, 6.45) is 4.68. The van der Waals surface area contributed by atoms with Crippen LogP contribution in [0.1, 0.15) is 48.5 Å². The van der Waals surface area contributed by atoms with Gasteiger partial charge in [-0.3, -0.25) is 0 Å². The fourth-order valence-corrected chi connectivity index (χ4v) is 2.27. The van der Waals surface area contributed by atoms with Crippen LogP contribution in [0, 0.1) is 0 Å². The molecule has 0 amide bonds. The van der Waals surface area contributed by atoms with Crippen LogP contribution >= 0.6 is 0 Å². The van der Waals surface area contributed by atoms with E-state index in [1.54, 1.807) is 0 Å². The van der Waals surface area contributed by atoms with E-state index in [1.165, 1.54) is 29.8 Å². The van der Waals surface area contributed by atoms with Crippen molar-refractivity contribution in [1.82, 2.24) is 15.3 Å². The van der Waals surface area contributed by atoms with Gasteiger partial charge in [0.1, 0.15) is 5.82 Å². The fraction of sp³-hybridized carbons (Fsp3) is 0.667. The van der Waals surface area contributed by atoms with E-state index < -0.39 is 0 Å². The van der Waals surface area contributed by atoms with Gasteiger partial charge in [0.05, 0.1) is 11.4 Å². The van der Waals surface area contributed by atoms with Crippen LogP contribution in [0.25, 0.3) is 0 Å². The summed E-state index contributed by atoms with van der Waals surface area (Å²) >= 11 is 0. The summed E-state index contributed by atoms with van der Waals surface area (Å²) < 4.78 is 0. The summed E-state index contributed by atoms with van der Waals surface area (Å²) in [6, 6.07) is 0. The van der Waals surface area contributed by atoms with Gasteiger partial charge in [-0.05, 0) is 12.8 Å². The molecule has 80 valence electrons. The molecular formula is C12H17N3. The zero-order valence-corrected chi connectivity index (χ0v) is 9.21. The summed E-state index contributed by atoms with van der Waals surface area (Å²) in [5, 5.41) is 3.42. The van der Waals surface area contributed by atoms with Crippen molar-refractivity contribution in [3.63, 3.8) is 0 Å². The second-order valence-electron chi connectivity index (χ2n) is 4.50. The molecule has 0 aromatic carbocycles. The first-order chi connectivity index (χ1) is 7.38. The van der Waals surface area contributed by atoms with Crippen LogP contribution < -0.4 is 5.32 Å². The van der Waals surface area contributed by atoms with E-state index in [0.29, 0.717) is 0 Å². The third-order valence-electron chi connectivity index (χ3n) is 3.29. The molecule has 1 saturated carbocycles. The summed E-state index contributed by atoms with van der Waals surface area (Å²) in [5.74, 6) is 1.78. The van der Waals surface area contributed by atoms with E-state index in [4.69, 9.17) is 4.98 Å². The number of rotatable bonds is 2. The highest BCUT2D eigenvalue weighted by Crippen LogP contribution is 2.41. The Morgan fingerprint density at radius 1 is 1.33 bits per heavy atom. The van der Waals surface area contributed by atoms with Gasteiger partial charge in [-0.2, -0.15) is 0 Å². The average Bonchev–Trinajstić information content (AvgIpc) is 3.11. The van der Waals surface area contributed by atoms with Gasteiger partial charge in [0.25, 0.3) is 0 Å². The third kappa shape index (κ3) is 1.65. The number of aryl methyl sites for hydroxylation is 1. The van der Waals surface area contributed by atoms with E-state index in [2.05, 4.69) is 17.2 Å². The van der Waals surface area contributed by atoms with E-state index >= 15 is 0 Å². The monoisotopic (exact) mass is 203 g/mol. The smallest absolute Gasteiger partial charge is 0.128 e. The molecule has 0 bridgehead atoms. The van der Waals surface area contributed by atoms with Gasteiger partial charge in [0.15, 0.2) is 0 Å². The number of nitrogens with zero attached hydrogens (tertiary/aromatic N) is 2. The Bertz CT molecular complexity index is 383. The number of aromatic nitrogens is 2. The SMILES string of the molecule is CCc1nc2c(c(C3CC3)n1)CNCC2. The quantitative estimate of drug-likeness (QED) is 0.792. The van der Waals surface area contributed by atoms with Crippen molar-refractivity contribution in [1.29, 1.82) is 0 Å². The van der Waals surface area contributed by atoms with Crippen LogP contribution in [0.5, 0.6) is 0 Å². The summed E-state index contributed by atoms with van der Waals surface area (Å²) in [6.45, 7) is 4.18. The number of hydrogen-bond donors (Lipinski definition) is 1. The minimum Gasteiger partial charge on any atom is -0.312 e. The first-order valence-electron chi connectivity index (χ1n) is 5.97. The van der Waals surface area contributed by atoms with Gasteiger partial charge in [-0.25, -0.2) is 9.97 Å². The van der Waals surface area contributed by atoms with Gasteiger partial charge in [-0.15, -0.1) is 0 Å². The second kappa shape index (κ2) is 3.56. The Morgan fingerprint density at radius 2 is 2.20 bits per heavy atom. The third-order valence-corrected chi connectivity index (χ3v) is 3.29. The molecule has 1 aliphatic heterocycles. The number of fused-ring (bicyclic) bond motifs is 1. The molecule has 2 aliphatic rings. The van der Waals surface area contributed by atoms with Crippen LogP contribution in [-0.4, -0.2) is 16.5 Å². The predicted molar refractivity (Wildman–Crippen MR) is 58.8 cm³/mol. The predicted octanol–water partition coefficient (Wildman–Crippen LogP) is 1.56. The van der Waals surface area contributed by atoms with Crippen molar-refractivity contribution in [2.45, 2.75) is 45.1 Å². The number of nitrogens with one attached hydrogen (secondary N) is 1. The molecule has 0 radical (unpaired) electrons. The molecule has 1 aromatic heterocycles. The molecule has 3 heteroatoms. The van der Waals surface area contributed by atoms with Gasteiger partial charge in [0, 0.05) is 37.4 Å². The molecule has 1 aromatic rings. The lowest BCUT2D eigenvalue weighted by Gasteiger charge is -2.19. The largest absolute Gasteiger partial charge is 0.312 e. The van der Waals surface area contributed by atoms with Gasteiger partial charge in [0.2, 0.25) is 0 Å². The highest BCUT2D eigenvalue weighted by atomic mass is 15.0. The molecule has 1 aliphatic carbocycles. The van der Waals surface area contributed by atoms with E-state index in [9.17, 15) is 0 Å². The molecule has 3 nitrogen and oxygen atoms in total. The fourth-order valence-electron chi connectivity index (χ4n) is 2.27. The molecule has 0 atom stereocenters. The molecule has 0 saturated heterocycles. The molecule has 0 spiro atoms. The van der Waals surface area contributed by atoms with Crippen LogP contribution in [0.4, 0.5) is 0 Å². The molecule has 0 unspecified atom stereocenters. The first kappa shape index (κ1) is 9.28. The van der Waals surface area contributed by atoms with Gasteiger partial charge >= 0.3 is 0 Å². The Morgan fingerprint density at radius 3 is 2.93 bits per heavy atom. The summed E-state index contributed by atoms with van der Waals surface area (Å²) in [5.41, 5.74) is 4.06. The molecular weight excluding hydrogens is 186 g/mol. The van der Waals surface area contributed by atoms with Crippen molar-refractivity contribution < 1.29 is 0 Å². The minimum absolute atomic E-state index is 0.743. The Hall–Kier alpha value is -0.960. The lowest BCUT2D eigenvalue weighted by Crippen LogP contribution is -2.27. The molecule has 1 fully saturated rings. The Kier molecular flexibility index (Phi) is 2.20. The van der Waals surface area contributed by atoms with E-state index in [1.807, 2.05) is 0 Å². The maximum atomic E-state index is 4.72. The standard InChI is InChI=1S/C12H17N3/c1-2-11-14-10-5-6-13-7-9(10)12(15-11)8-3-4-8/h8,13H,2-7H2,1H3. The van der Waals surface area contributed by atoms with Gasteiger partial charge in [-0.1, -0.05) is 6.92 Å². The van der Waals surface area contributed by atoms with Crippen molar-refractivity contribution in [3.05, 3.63) is 22.8 Å². The second-order valence-corrected chi connectivity index (χ2v) is 4.50. The van der Waals surface area contributed by atoms with E-state index in [-0.39, 0.29) is 0 Å². The van der Waals surface area contributed by atoms with Crippen molar-refractivity contribution in [2.24, 2.45) is 0 Å². The van der Waals surface area contributed by atoms with E-state index in [0.717, 1.165) is 37.7 Å². The zero-order valence-electron chi connectivity index (χ0n) is 9.21. The highest BCUT2D eigenvalue weighted by molar-refractivity contribution is 5.33. The van der Waals surface area contributed by atoms with Crippen LogP contribution in [0.2, 0.25) is 0 Å². The number of hydrogen-bond acceptors (Lipinski definition) is 3. The molecule has 3 rings (SSSR count). The summed E-state index contributed by atoms with van der Waals surface area (Å²) in [7, 11) is 0. The van der Waals surface area contributed by atoms with Gasteiger partial charge < -0.3 is 5.32 Å². The lowest BCUT2D eigenvalue weighted by molar-refractivity contribution is 0.610. The molecule has 1 N–H and O–H groups in total. The average molecular weight is 203 g/mol. The van der Waals surface area contributed by atoms with Crippen molar-refractivity contribution in [2.75, 3.05) is 6.54 Å². The zero-order chi connectivity index (χ0) is 10.3.